The van der Waals surface area contributed by atoms with Crippen LogP contribution in [0.3, 0.4) is 0 Å². The zero-order valence-electron chi connectivity index (χ0n) is 11.4. The van der Waals surface area contributed by atoms with Crippen molar-refractivity contribution in [3.8, 4) is 11.5 Å². The number of methoxy groups -OCH3 is 2. The fourth-order valence-electron chi connectivity index (χ4n) is 1.85. The molecule has 0 fully saturated rings. The van der Waals surface area contributed by atoms with Gasteiger partial charge in [-0.3, -0.25) is 0 Å². The molecule has 0 amide bonds. The summed E-state index contributed by atoms with van der Waals surface area (Å²) in [6.07, 6.45) is 0. The molecule has 0 aliphatic carbocycles. The molecule has 0 radical (unpaired) electrons. The molecule has 0 saturated carbocycles. The zero-order valence-corrected chi connectivity index (χ0v) is 12.2. The van der Waals surface area contributed by atoms with Crippen LogP contribution in [-0.2, 0) is 0 Å². The highest BCUT2D eigenvalue weighted by Gasteiger charge is 2.15. The van der Waals surface area contributed by atoms with Crippen LogP contribution in [0.1, 0.15) is 6.92 Å². The number of hydrogen-bond acceptors (Lipinski definition) is 5. The average Bonchev–Trinajstić information content (AvgIpc) is 2.44. The van der Waals surface area contributed by atoms with Crippen LogP contribution < -0.4 is 14.4 Å². The van der Waals surface area contributed by atoms with Gasteiger partial charge in [-0.05, 0) is 24.6 Å². The molecule has 0 aliphatic rings. The Kier molecular flexibility index (Phi) is 3.95. The third-order valence-electron chi connectivity index (χ3n) is 2.98. The Hall–Kier alpha value is -1.75. The van der Waals surface area contributed by atoms with Gasteiger partial charge in [-0.1, -0.05) is 0 Å². The molecule has 1 aromatic heterocycles. The highest BCUT2D eigenvalue weighted by Crippen LogP contribution is 2.34. The number of rotatable bonds is 4. The van der Waals surface area contributed by atoms with Gasteiger partial charge in [0, 0.05) is 19.7 Å². The highest BCUT2D eigenvalue weighted by atomic mass is 35.5. The van der Waals surface area contributed by atoms with Crippen molar-refractivity contribution in [2.45, 2.75) is 6.92 Å². The Labute approximate surface area is 117 Å². The lowest BCUT2D eigenvalue weighted by molar-refractivity contribution is 0.397. The topological polar surface area (TPSA) is 47.5 Å². The summed E-state index contributed by atoms with van der Waals surface area (Å²) in [6.45, 7) is 2.85. The summed E-state index contributed by atoms with van der Waals surface area (Å²) < 4.78 is 10.6. The van der Waals surface area contributed by atoms with Crippen molar-refractivity contribution in [2.24, 2.45) is 0 Å². The number of aromatic nitrogens is 2. The standard InChI is InChI=1S/C13H16ClN3O2/c1-5-17(2)12-9-6-8(18-3)7-10(19-4)11(9)15-13(14)16-12/h6-7H,5H2,1-4H3. The monoisotopic (exact) mass is 281 g/mol. The van der Waals surface area contributed by atoms with Gasteiger partial charge in [-0.2, -0.15) is 4.98 Å². The van der Waals surface area contributed by atoms with Crippen LogP contribution in [0.4, 0.5) is 5.82 Å². The molecule has 1 heterocycles. The Bertz CT molecular complexity index is 604. The highest BCUT2D eigenvalue weighted by molar-refractivity contribution is 6.29. The van der Waals surface area contributed by atoms with Crippen LogP contribution >= 0.6 is 11.6 Å². The number of fused-ring (bicyclic) bond motifs is 1. The summed E-state index contributed by atoms with van der Waals surface area (Å²) in [4.78, 5) is 10.5. The molecule has 19 heavy (non-hydrogen) atoms. The van der Waals surface area contributed by atoms with Crippen molar-refractivity contribution in [3.05, 3.63) is 17.4 Å². The summed E-state index contributed by atoms with van der Waals surface area (Å²) in [7, 11) is 5.15. The van der Waals surface area contributed by atoms with E-state index in [2.05, 4.69) is 9.97 Å². The molecule has 0 N–H and O–H groups in total. The second-order valence-corrected chi connectivity index (χ2v) is 4.39. The molecular weight excluding hydrogens is 266 g/mol. The van der Waals surface area contributed by atoms with Gasteiger partial charge in [0.1, 0.15) is 22.8 Å². The number of ether oxygens (including phenoxy) is 2. The third-order valence-corrected chi connectivity index (χ3v) is 3.15. The molecule has 0 bridgehead atoms. The van der Waals surface area contributed by atoms with Gasteiger partial charge in [0.2, 0.25) is 5.28 Å². The predicted molar refractivity (Wildman–Crippen MR) is 76.6 cm³/mol. The summed E-state index contributed by atoms with van der Waals surface area (Å²) in [6, 6.07) is 3.66. The Morgan fingerprint density at radius 1 is 1.21 bits per heavy atom. The third kappa shape index (κ3) is 2.51. The largest absolute Gasteiger partial charge is 0.497 e. The van der Waals surface area contributed by atoms with Gasteiger partial charge >= 0.3 is 0 Å². The number of anilines is 1. The van der Waals surface area contributed by atoms with Crippen LogP contribution in [0.25, 0.3) is 10.9 Å². The lowest BCUT2D eigenvalue weighted by Gasteiger charge is -2.19. The number of benzene rings is 1. The smallest absolute Gasteiger partial charge is 0.225 e. The van der Waals surface area contributed by atoms with Crippen molar-refractivity contribution in [2.75, 3.05) is 32.7 Å². The SMILES string of the molecule is CCN(C)c1nc(Cl)nc2c(OC)cc(OC)cc12. The minimum absolute atomic E-state index is 0.200. The molecule has 102 valence electrons. The first kappa shape index (κ1) is 13.7. The van der Waals surface area contributed by atoms with Gasteiger partial charge in [-0.15, -0.1) is 0 Å². The molecular formula is C13H16ClN3O2. The second kappa shape index (κ2) is 5.48. The van der Waals surface area contributed by atoms with Crippen LogP contribution in [0.5, 0.6) is 11.5 Å². The first-order valence-corrected chi connectivity index (χ1v) is 6.28. The number of hydrogen-bond donors (Lipinski definition) is 0. The molecule has 2 rings (SSSR count). The number of nitrogens with zero attached hydrogens (tertiary/aromatic N) is 3. The molecule has 1 aromatic carbocycles. The minimum Gasteiger partial charge on any atom is -0.497 e. The van der Waals surface area contributed by atoms with E-state index in [4.69, 9.17) is 21.1 Å². The summed E-state index contributed by atoms with van der Waals surface area (Å²) in [5, 5.41) is 1.05. The van der Waals surface area contributed by atoms with E-state index in [9.17, 15) is 0 Å². The maximum absolute atomic E-state index is 5.99. The maximum Gasteiger partial charge on any atom is 0.225 e. The molecule has 0 atom stereocenters. The lowest BCUT2D eigenvalue weighted by Crippen LogP contribution is -2.18. The van der Waals surface area contributed by atoms with Crippen LogP contribution in [0.15, 0.2) is 12.1 Å². The molecule has 2 aromatic rings. The predicted octanol–water partition coefficient (Wildman–Crippen LogP) is 2.76. The van der Waals surface area contributed by atoms with Crippen molar-refractivity contribution in [3.63, 3.8) is 0 Å². The van der Waals surface area contributed by atoms with E-state index in [1.807, 2.05) is 24.9 Å². The molecule has 6 heteroatoms. The Balaban J connectivity index is 2.81. The van der Waals surface area contributed by atoms with E-state index in [1.165, 1.54) is 0 Å². The van der Waals surface area contributed by atoms with Crippen molar-refractivity contribution in [1.82, 2.24) is 9.97 Å². The molecule has 0 aliphatic heterocycles. The fourth-order valence-corrected chi connectivity index (χ4v) is 2.01. The van der Waals surface area contributed by atoms with Gasteiger partial charge in [-0.25, -0.2) is 4.98 Å². The molecule has 0 saturated heterocycles. The van der Waals surface area contributed by atoms with Crippen LogP contribution in [0, 0.1) is 0 Å². The van der Waals surface area contributed by atoms with E-state index in [1.54, 1.807) is 20.3 Å². The average molecular weight is 282 g/mol. The van der Waals surface area contributed by atoms with Gasteiger partial charge in [0.25, 0.3) is 0 Å². The van der Waals surface area contributed by atoms with Gasteiger partial charge in [0.15, 0.2) is 0 Å². The molecule has 0 spiro atoms. The normalized spacial score (nSPS) is 10.6. The van der Waals surface area contributed by atoms with E-state index < -0.39 is 0 Å². The zero-order chi connectivity index (χ0) is 14.0. The second-order valence-electron chi connectivity index (χ2n) is 4.06. The van der Waals surface area contributed by atoms with Crippen molar-refractivity contribution >= 4 is 28.3 Å². The van der Waals surface area contributed by atoms with Crippen LogP contribution in [0.2, 0.25) is 5.28 Å². The summed E-state index contributed by atoms with van der Waals surface area (Å²) >= 11 is 5.99. The quantitative estimate of drug-likeness (QED) is 0.807. The van der Waals surface area contributed by atoms with E-state index in [0.717, 1.165) is 17.7 Å². The number of halogens is 1. The van der Waals surface area contributed by atoms with Crippen molar-refractivity contribution < 1.29 is 9.47 Å². The summed E-state index contributed by atoms with van der Waals surface area (Å²) in [5.74, 6) is 2.07. The van der Waals surface area contributed by atoms with E-state index in [-0.39, 0.29) is 5.28 Å². The molecule has 5 nitrogen and oxygen atoms in total. The van der Waals surface area contributed by atoms with Crippen LogP contribution in [-0.4, -0.2) is 37.8 Å². The van der Waals surface area contributed by atoms with Gasteiger partial charge in [0.05, 0.1) is 19.6 Å². The summed E-state index contributed by atoms with van der Waals surface area (Å²) in [5.41, 5.74) is 0.679. The Morgan fingerprint density at radius 2 is 1.95 bits per heavy atom. The Morgan fingerprint density at radius 3 is 2.53 bits per heavy atom. The fraction of sp³-hybridized carbons (Fsp3) is 0.385. The first-order chi connectivity index (χ1) is 9.10. The van der Waals surface area contributed by atoms with Gasteiger partial charge < -0.3 is 14.4 Å². The van der Waals surface area contributed by atoms with E-state index in [0.29, 0.717) is 17.0 Å². The lowest BCUT2D eigenvalue weighted by atomic mass is 10.2. The van der Waals surface area contributed by atoms with Crippen molar-refractivity contribution in [1.29, 1.82) is 0 Å². The first-order valence-electron chi connectivity index (χ1n) is 5.91. The minimum atomic E-state index is 0.200. The molecule has 0 unspecified atom stereocenters. The van der Waals surface area contributed by atoms with E-state index >= 15 is 0 Å². The maximum atomic E-state index is 5.99.